The molecule has 1 saturated heterocycles. The molecule has 2 aromatic carbocycles. The molecule has 0 N–H and O–H groups in total. The van der Waals surface area contributed by atoms with Crippen molar-refractivity contribution in [3.8, 4) is 5.75 Å². The lowest BCUT2D eigenvalue weighted by Crippen LogP contribution is -2.53. The van der Waals surface area contributed by atoms with E-state index in [0.717, 1.165) is 57.8 Å². The summed E-state index contributed by atoms with van der Waals surface area (Å²) < 4.78 is 11.5. The predicted octanol–water partition coefficient (Wildman–Crippen LogP) is 4.15. The number of rotatable bonds is 5. The van der Waals surface area contributed by atoms with Crippen LogP contribution in [0, 0.1) is 0 Å². The maximum atomic E-state index is 5.87. The number of ether oxygens (including phenoxy) is 2. The molecule has 1 fully saturated rings. The Morgan fingerprint density at radius 2 is 1.89 bits per heavy atom. The summed E-state index contributed by atoms with van der Waals surface area (Å²) >= 11 is 0. The molecule has 140 valence electrons. The highest BCUT2D eigenvalue weighted by atomic mass is 16.5. The third-order valence-electron chi connectivity index (χ3n) is 6.12. The fourth-order valence-electron chi connectivity index (χ4n) is 4.68. The topological polar surface area (TPSA) is 21.7 Å². The quantitative estimate of drug-likeness (QED) is 0.747. The van der Waals surface area contributed by atoms with E-state index in [2.05, 4.69) is 59.5 Å². The number of nitrogens with zero attached hydrogens (tertiary/aromatic N) is 1. The zero-order valence-corrected chi connectivity index (χ0v) is 15.8. The van der Waals surface area contributed by atoms with Gasteiger partial charge < -0.3 is 9.47 Å². The van der Waals surface area contributed by atoms with E-state index >= 15 is 0 Å². The molecule has 3 aliphatic heterocycles. The molecule has 2 bridgehead atoms. The Morgan fingerprint density at radius 3 is 2.78 bits per heavy atom. The molecule has 3 nitrogen and oxygen atoms in total. The van der Waals surface area contributed by atoms with Gasteiger partial charge in [-0.3, -0.25) is 4.90 Å². The van der Waals surface area contributed by atoms with Gasteiger partial charge in [0, 0.05) is 19.0 Å². The third kappa shape index (κ3) is 3.67. The van der Waals surface area contributed by atoms with E-state index in [0.29, 0.717) is 12.1 Å². The zero-order valence-electron chi connectivity index (χ0n) is 15.8. The Balaban J connectivity index is 1.26. The molecular formula is C24H27NO2. The maximum Gasteiger partial charge on any atom is 0.122 e. The van der Waals surface area contributed by atoms with Gasteiger partial charge in [-0.2, -0.15) is 0 Å². The van der Waals surface area contributed by atoms with Crippen LogP contribution in [-0.4, -0.2) is 36.8 Å². The second-order valence-electron chi connectivity index (χ2n) is 7.99. The molecule has 27 heavy (non-hydrogen) atoms. The van der Waals surface area contributed by atoms with Gasteiger partial charge in [0.1, 0.15) is 5.75 Å². The number of aryl methyl sites for hydroxylation is 1. The van der Waals surface area contributed by atoms with Crippen LogP contribution in [0.15, 0.2) is 60.2 Å². The van der Waals surface area contributed by atoms with Gasteiger partial charge >= 0.3 is 0 Å². The van der Waals surface area contributed by atoms with Crippen LogP contribution in [0.4, 0.5) is 0 Å². The van der Waals surface area contributed by atoms with Gasteiger partial charge in [-0.05, 0) is 42.0 Å². The summed E-state index contributed by atoms with van der Waals surface area (Å²) in [6.45, 7) is 3.54. The highest BCUT2D eigenvalue weighted by molar-refractivity contribution is 5.40. The van der Waals surface area contributed by atoms with Crippen LogP contribution in [0.5, 0.6) is 5.75 Å². The molecule has 0 aliphatic carbocycles. The fourth-order valence-corrected chi connectivity index (χ4v) is 4.68. The van der Waals surface area contributed by atoms with Crippen LogP contribution in [0.1, 0.15) is 29.5 Å². The molecule has 2 unspecified atom stereocenters. The first kappa shape index (κ1) is 17.0. The van der Waals surface area contributed by atoms with Crippen molar-refractivity contribution in [1.29, 1.82) is 0 Å². The highest BCUT2D eigenvalue weighted by Crippen LogP contribution is 2.31. The van der Waals surface area contributed by atoms with Gasteiger partial charge in [0.05, 0.1) is 25.9 Å². The average molecular weight is 361 g/mol. The minimum Gasteiger partial charge on any atom is -0.493 e. The van der Waals surface area contributed by atoms with Gasteiger partial charge in [-0.15, -0.1) is 0 Å². The summed E-state index contributed by atoms with van der Waals surface area (Å²) in [6, 6.07) is 18.5. The van der Waals surface area contributed by atoms with Crippen molar-refractivity contribution in [3.63, 3.8) is 0 Å². The van der Waals surface area contributed by atoms with Crippen LogP contribution in [0.2, 0.25) is 0 Å². The van der Waals surface area contributed by atoms with Gasteiger partial charge in [-0.1, -0.05) is 54.1 Å². The third-order valence-corrected chi connectivity index (χ3v) is 6.12. The number of fused-ring (bicyclic) bond motifs is 3. The van der Waals surface area contributed by atoms with E-state index in [9.17, 15) is 0 Å². The molecule has 3 heterocycles. The van der Waals surface area contributed by atoms with Crippen LogP contribution in [0.3, 0.4) is 0 Å². The minimum absolute atomic E-state index is 0.418. The molecule has 0 aromatic heterocycles. The van der Waals surface area contributed by atoms with Crippen LogP contribution in [0.25, 0.3) is 0 Å². The van der Waals surface area contributed by atoms with E-state index in [-0.39, 0.29) is 0 Å². The SMILES string of the molecule is C1=C(CCc2ccc3c(c2)CCO3)CC2COCC1N2Cc1ccccc1. The van der Waals surface area contributed by atoms with Gasteiger partial charge in [0.25, 0.3) is 0 Å². The Morgan fingerprint density at radius 1 is 0.963 bits per heavy atom. The van der Waals surface area contributed by atoms with E-state index in [4.69, 9.17) is 9.47 Å². The Kier molecular flexibility index (Phi) is 4.73. The van der Waals surface area contributed by atoms with Crippen LogP contribution >= 0.6 is 0 Å². The van der Waals surface area contributed by atoms with E-state index < -0.39 is 0 Å². The van der Waals surface area contributed by atoms with E-state index in [1.807, 2.05) is 0 Å². The maximum absolute atomic E-state index is 5.87. The van der Waals surface area contributed by atoms with Crippen molar-refractivity contribution in [2.24, 2.45) is 0 Å². The molecule has 0 amide bonds. The van der Waals surface area contributed by atoms with Crippen molar-refractivity contribution in [2.75, 3.05) is 19.8 Å². The number of morpholine rings is 1. The fraction of sp³-hybridized carbons (Fsp3) is 0.417. The average Bonchev–Trinajstić information content (AvgIpc) is 3.15. The molecule has 2 aromatic rings. The Bertz CT molecular complexity index is 830. The summed E-state index contributed by atoms with van der Waals surface area (Å²) in [6.07, 6.45) is 6.96. The van der Waals surface area contributed by atoms with Crippen LogP contribution in [-0.2, 0) is 24.1 Å². The van der Waals surface area contributed by atoms with E-state index in [1.165, 1.54) is 16.7 Å². The summed E-state index contributed by atoms with van der Waals surface area (Å²) in [5.74, 6) is 1.08. The first-order valence-corrected chi connectivity index (χ1v) is 10.2. The second-order valence-corrected chi connectivity index (χ2v) is 7.99. The normalized spacial score (nSPS) is 24.2. The summed E-state index contributed by atoms with van der Waals surface area (Å²) in [7, 11) is 0. The van der Waals surface area contributed by atoms with E-state index in [1.54, 1.807) is 5.57 Å². The van der Waals surface area contributed by atoms with Crippen molar-refractivity contribution < 1.29 is 9.47 Å². The van der Waals surface area contributed by atoms with Crippen molar-refractivity contribution in [3.05, 3.63) is 76.9 Å². The van der Waals surface area contributed by atoms with Gasteiger partial charge in [0.2, 0.25) is 0 Å². The number of hydrogen-bond acceptors (Lipinski definition) is 3. The minimum atomic E-state index is 0.418. The first-order chi connectivity index (χ1) is 13.3. The molecule has 0 saturated carbocycles. The number of benzene rings is 2. The molecular weight excluding hydrogens is 334 g/mol. The number of hydrogen-bond donors (Lipinski definition) is 0. The van der Waals surface area contributed by atoms with Crippen LogP contribution < -0.4 is 4.74 Å². The molecule has 0 radical (unpaired) electrons. The van der Waals surface area contributed by atoms with Crippen molar-refractivity contribution in [1.82, 2.24) is 4.90 Å². The lowest BCUT2D eigenvalue weighted by molar-refractivity contribution is -0.0442. The lowest BCUT2D eigenvalue weighted by atomic mass is 9.90. The molecule has 5 rings (SSSR count). The monoisotopic (exact) mass is 361 g/mol. The molecule has 0 spiro atoms. The largest absolute Gasteiger partial charge is 0.493 e. The smallest absolute Gasteiger partial charge is 0.122 e. The summed E-state index contributed by atoms with van der Waals surface area (Å²) in [5.41, 5.74) is 5.82. The van der Waals surface area contributed by atoms with Crippen molar-refractivity contribution in [2.45, 2.75) is 44.3 Å². The first-order valence-electron chi connectivity index (χ1n) is 10.2. The standard InChI is InChI=1S/C24H27NO2/c1-2-4-19(5-3-1)15-25-22-13-20(14-23(25)17-26-16-22)7-6-18-8-9-24-21(12-18)10-11-27-24/h1-5,8-9,12-13,22-23H,6-7,10-11,14-17H2. The molecule has 2 atom stereocenters. The van der Waals surface area contributed by atoms with Crippen molar-refractivity contribution >= 4 is 0 Å². The van der Waals surface area contributed by atoms with Gasteiger partial charge in [0.15, 0.2) is 0 Å². The Labute approximate surface area is 161 Å². The van der Waals surface area contributed by atoms with Gasteiger partial charge in [-0.25, -0.2) is 0 Å². The zero-order chi connectivity index (χ0) is 18.1. The summed E-state index contributed by atoms with van der Waals surface area (Å²) in [5, 5.41) is 0. The summed E-state index contributed by atoms with van der Waals surface area (Å²) in [4.78, 5) is 2.63. The molecule has 3 aliphatic rings. The molecule has 3 heteroatoms. The predicted molar refractivity (Wildman–Crippen MR) is 107 cm³/mol. The Hall–Kier alpha value is -2.10. The lowest BCUT2D eigenvalue weighted by Gasteiger charge is -2.45. The second kappa shape index (κ2) is 7.49. The highest BCUT2D eigenvalue weighted by Gasteiger charge is 2.34.